The largest absolute Gasteiger partial charge is 0.512 e. The van der Waals surface area contributed by atoms with Crippen molar-refractivity contribution in [1.82, 2.24) is 0 Å². The van der Waals surface area contributed by atoms with E-state index in [-0.39, 0.29) is 121 Å². The molecule has 45 heavy (non-hydrogen) atoms. The van der Waals surface area contributed by atoms with Gasteiger partial charge in [-0.3, -0.25) is 28.8 Å². The number of hydrogen-bond donors (Lipinski definition) is 6. The van der Waals surface area contributed by atoms with Crippen LogP contribution in [-0.2, 0) is 80.9 Å². The molecule has 0 spiro atoms. The number of allylic oxidation sites excluding steroid dienone is 12. The minimum absolute atomic E-state index is 0. The molecule has 0 heterocycles. The molecule has 0 aromatic carbocycles. The predicted octanol–water partition coefficient (Wildman–Crippen LogP) is 6.22. The van der Waals surface area contributed by atoms with Crippen LogP contribution in [0.2, 0.25) is 0 Å². The van der Waals surface area contributed by atoms with Crippen molar-refractivity contribution in [2.24, 2.45) is 0 Å². The Labute approximate surface area is 299 Å². The molecule has 0 atom stereocenters. The molecule has 0 amide bonds. The number of carbonyl (C=O) groups is 6. The van der Waals surface area contributed by atoms with Crippen LogP contribution in [0, 0.1) is 0 Å². The maximum absolute atomic E-state index is 10.0. The second-order valence-corrected chi connectivity index (χ2v) is 8.38. The summed E-state index contributed by atoms with van der Waals surface area (Å²) in [4.78, 5) is 60.1. The van der Waals surface area contributed by atoms with Crippen molar-refractivity contribution in [3.63, 3.8) is 0 Å². The van der Waals surface area contributed by atoms with E-state index in [1.165, 1.54) is 120 Å². The number of aliphatic hydroxyl groups excluding tert-OH is 6. The van der Waals surface area contributed by atoms with Crippen molar-refractivity contribution in [2.45, 2.75) is 83.1 Å². The van der Waals surface area contributed by atoms with Gasteiger partial charge in [0.1, 0.15) is 0 Å². The Kier molecular flexibility index (Phi) is 61.8. The fourth-order valence-corrected chi connectivity index (χ4v) is 1.76. The SMILES string of the molecule is CC(=O)/C=C(/C)O.CC(=O)/C=C(/C)O.CC(=O)/C=C(/C)O.CC(=O)/C=C(/C)O.CC(=O)/C=C(/C)O.CC(=O)/C=C(/C)O.[Cr].[Cr].[Cr]. The molecule has 258 valence electrons. The normalized spacial score (nSPS) is 10.7. The van der Waals surface area contributed by atoms with E-state index in [1.807, 2.05) is 0 Å². The molecule has 0 aromatic heterocycles. The second kappa shape index (κ2) is 43.0. The van der Waals surface area contributed by atoms with Gasteiger partial charge in [-0.05, 0) is 83.1 Å². The molecule has 0 saturated carbocycles. The first kappa shape index (κ1) is 64.7. The van der Waals surface area contributed by atoms with Crippen LogP contribution in [0.15, 0.2) is 71.0 Å². The maximum atomic E-state index is 10.0. The number of rotatable bonds is 6. The number of ketones is 6. The van der Waals surface area contributed by atoms with Gasteiger partial charge >= 0.3 is 0 Å². The minimum atomic E-state index is -0.125. The van der Waals surface area contributed by atoms with Gasteiger partial charge in [-0.1, -0.05) is 0 Å². The quantitative estimate of drug-likeness (QED) is 0.131. The van der Waals surface area contributed by atoms with Crippen LogP contribution in [0.25, 0.3) is 0 Å². The van der Waals surface area contributed by atoms with Gasteiger partial charge in [0.05, 0.1) is 34.6 Å². The third-order valence-electron chi connectivity index (χ3n) is 2.47. The molecular weight excluding hydrogens is 708 g/mol. The summed E-state index contributed by atoms with van der Waals surface area (Å²) in [5, 5.41) is 50.2. The summed E-state index contributed by atoms with van der Waals surface area (Å²) in [5.41, 5.74) is 0. The third-order valence-corrected chi connectivity index (χ3v) is 2.47. The molecule has 15 heteroatoms. The van der Waals surface area contributed by atoms with Crippen LogP contribution >= 0.6 is 0 Å². The molecule has 0 aliphatic carbocycles. The zero-order valence-corrected chi connectivity index (χ0v) is 31.6. The van der Waals surface area contributed by atoms with Crippen LogP contribution < -0.4 is 0 Å². The van der Waals surface area contributed by atoms with Crippen molar-refractivity contribution in [3.05, 3.63) is 71.0 Å². The summed E-state index contributed by atoms with van der Waals surface area (Å²) in [6.07, 6.45) is 7.00. The Morgan fingerprint density at radius 1 is 0.267 bits per heavy atom. The number of hydrogen-bond acceptors (Lipinski definition) is 12. The van der Waals surface area contributed by atoms with Gasteiger partial charge < -0.3 is 30.6 Å². The fourth-order valence-electron chi connectivity index (χ4n) is 1.76. The summed E-state index contributed by atoms with van der Waals surface area (Å²) in [6, 6.07) is 0. The molecule has 0 aromatic rings. The van der Waals surface area contributed by atoms with Crippen molar-refractivity contribution >= 4 is 34.7 Å². The molecule has 0 rings (SSSR count). The molecule has 0 aliphatic heterocycles. The maximum Gasteiger partial charge on any atom is 0.155 e. The van der Waals surface area contributed by atoms with Gasteiger partial charge in [-0.25, -0.2) is 0 Å². The molecule has 0 radical (unpaired) electrons. The standard InChI is InChI=1S/6C5H8O2.3Cr/c6*1-4(6)3-5(2)7;;;/h6*3,6H,1-2H3;;;/b6*4-3-;;;. The van der Waals surface area contributed by atoms with E-state index in [2.05, 4.69) is 0 Å². The zero-order valence-electron chi connectivity index (χ0n) is 27.8. The van der Waals surface area contributed by atoms with E-state index in [1.54, 1.807) is 0 Å². The molecule has 0 aliphatic rings. The van der Waals surface area contributed by atoms with Crippen molar-refractivity contribution in [2.75, 3.05) is 0 Å². The van der Waals surface area contributed by atoms with Crippen molar-refractivity contribution in [3.8, 4) is 0 Å². The first-order valence-corrected chi connectivity index (χ1v) is 12.0. The molecule has 6 N–H and O–H groups in total. The van der Waals surface area contributed by atoms with E-state index in [0.717, 1.165) is 0 Å². The van der Waals surface area contributed by atoms with Gasteiger partial charge in [-0.15, -0.1) is 0 Å². The average molecular weight is 757 g/mol. The van der Waals surface area contributed by atoms with Gasteiger partial charge in [0.25, 0.3) is 0 Å². The fraction of sp³-hybridized carbons (Fsp3) is 0.400. The summed E-state index contributed by atoms with van der Waals surface area (Å²) < 4.78 is 0. The van der Waals surface area contributed by atoms with Crippen LogP contribution in [0.4, 0.5) is 0 Å². The van der Waals surface area contributed by atoms with Crippen LogP contribution in [0.1, 0.15) is 83.1 Å². The number of aliphatic hydroxyl groups is 6. The van der Waals surface area contributed by atoms with E-state index in [0.29, 0.717) is 0 Å². The predicted molar refractivity (Wildman–Crippen MR) is 162 cm³/mol. The van der Waals surface area contributed by atoms with Crippen LogP contribution in [0.3, 0.4) is 0 Å². The van der Waals surface area contributed by atoms with E-state index >= 15 is 0 Å². The minimum Gasteiger partial charge on any atom is -0.512 e. The summed E-state index contributed by atoms with van der Waals surface area (Å²) >= 11 is 0. The van der Waals surface area contributed by atoms with E-state index in [9.17, 15) is 28.8 Å². The molecule has 0 saturated heterocycles. The molecule has 0 unspecified atom stereocenters. The Morgan fingerprint density at radius 3 is 0.333 bits per heavy atom. The molecule has 0 bridgehead atoms. The Balaban J connectivity index is -0.0000000487. The van der Waals surface area contributed by atoms with Gasteiger partial charge in [0.15, 0.2) is 34.7 Å². The Morgan fingerprint density at radius 2 is 0.333 bits per heavy atom. The summed E-state index contributed by atoms with van der Waals surface area (Å²) in [5.74, 6) is -0.375. The van der Waals surface area contributed by atoms with Crippen molar-refractivity contribution in [1.29, 1.82) is 0 Å². The first-order valence-electron chi connectivity index (χ1n) is 12.0. The van der Waals surface area contributed by atoms with Crippen LogP contribution in [0.5, 0.6) is 0 Å². The van der Waals surface area contributed by atoms with Gasteiger partial charge in [0, 0.05) is 88.5 Å². The Hall–Kier alpha value is -3.14. The van der Waals surface area contributed by atoms with Crippen molar-refractivity contribution < 1.29 is 111 Å². The topological polar surface area (TPSA) is 224 Å². The summed E-state index contributed by atoms with van der Waals surface area (Å²) in [6.45, 7) is 17.1. The molecular formula is C30H48Cr3O12. The average Bonchev–Trinajstić information content (AvgIpc) is 2.63. The Bertz CT molecular complexity index is 825. The molecule has 12 nitrogen and oxygen atoms in total. The second-order valence-electron chi connectivity index (χ2n) is 8.38. The van der Waals surface area contributed by atoms with Gasteiger partial charge in [-0.2, -0.15) is 0 Å². The van der Waals surface area contributed by atoms with Gasteiger partial charge in [0.2, 0.25) is 0 Å². The number of carbonyl (C=O) groups excluding carboxylic acids is 6. The molecule has 0 fully saturated rings. The third kappa shape index (κ3) is 142. The van der Waals surface area contributed by atoms with E-state index < -0.39 is 0 Å². The smallest absolute Gasteiger partial charge is 0.155 e. The zero-order chi connectivity index (χ0) is 35.2. The van der Waals surface area contributed by atoms with E-state index in [4.69, 9.17) is 30.6 Å². The summed E-state index contributed by atoms with van der Waals surface area (Å²) in [7, 11) is 0. The first-order chi connectivity index (χ1) is 18.8. The monoisotopic (exact) mass is 756 g/mol. The van der Waals surface area contributed by atoms with Crippen LogP contribution in [-0.4, -0.2) is 65.3 Å².